The lowest BCUT2D eigenvalue weighted by Crippen LogP contribution is -1.92. The number of non-ortho nitro benzene ring substituents is 1. The fourth-order valence-corrected chi connectivity index (χ4v) is 1.40. The van der Waals surface area contributed by atoms with E-state index in [0.717, 1.165) is 5.56 Å². The third-order valence-corrected chi connectivity index (χ3v) is 2.38. The minimum absolute atomic E-state index is 0.0352. The summed E-state index contributed by atoms with van der Waals surface area (Å²) < 4.78 is 0. The van der Waals surface area contributed by atoms with Gasteiger partial charge in [-0.2, -0.15) is 5.10 Å². The van der Waals surface area contributed by atoms with Crippen LogP contribution >= 0.6 is 0 Å². The zero-order valence-corrected chi connectivity index (χ0v) is 9.85. The fourth-order valence-electron chi connectivity index (χ4n) is 1.40. The number of phenols is 1. The number of benzene rings is 2. The first kappa shape index (κ1) is 12.6. The smallest absolute Gasteiger partial charge is 0.269 e. The van der Waals surface area contributed by atoms with Gasteiger partial charge in [0, 0.05) is 12.1 Å². The zero-order valence-electron chi connectivity index (χ0n) is 9.85. The lowest BCUT2D eigenvalue weighted by Gasteiger charge is -1.99. The molecule has 0 aliphatic rings. The Morgan fingerprint density at radius 1 is 1.11 bits per heavy atom. The average Bonchev–Trinajstić information content (AvgIpc) is 2.41. The average molecular weight is 257 g/mol. The lowest BCUT2D eigenvalue weighted by molar-refractivity contribution is -0.384. The minimum atomic E-state index is -0.455. The second kappa shape index (κ2) is 5.63. The van der Waals surface area contributed by atoms with Crippen LogP contribution in [-0.2, 0) is 0 Å². The maximum atomic E-state index is 10.5. The highest BCUT2D eigenvalue weighted by molar-refractivity contribution is 5.80. The quantitative estimate of drug-likeness (QED) is 0.500. The highest BCUT2D eigenvalue weighted by Gasteiger charge is 2.02. The van der Waals surface area contributed by atoms with Crippen molar-refractivity contribution < 1.29 is 10.0 Å². The second-order valence-corrected chi connectivity index (χ2v) is 3.77. The van der Waals surface area contributed by atoms with Crippen molar-refractivity contribution in [3.63, 3.8) is 0 Å². The number of hydrogen-bond acceptors (Lipinski definition) is 5. The molecule has 19 heavy (non-hydrogen) atoms. The van der Waals surface area contributed by atoms with Gasteiger partial charge in [0.05, 0.1) is 16.8 Å². The number of nitrogens with zero attached hydrogens (tertiary/aromatic N) is 2. The number of nitro benzene ring substituents is 1. The molecule has 0 fully saturated rings. The Hall–Kier alpha value is -2.89. The molecule has 0 amide bonds. The third-order valence-electron chi connectivity index (χ3n) is 2.38. The van der Waals surface area contributed by atoms with Gasteiger partial charge in [-0.1, -0.05) is 0 Å². The van der Waals surface area contributed by atoms with E-state index in [9.17, 15) is 10.1 Å². The standard InChI is InChI=1S/C13H11N3O3/c17-13-7-1-10(2-8-13)9-14-15-11-3-5-12(6-4-11)16(18)19/h1-9,15,17H. The van der Waals surface area contributed by atoms with E-state index in [0.29, 0.717) is 5.69 Å². The summed E-state index contributed by atoms with van der Waals surface area (Å²) in [5, 5.41) is 23.6. The van der Waals surface area contributed by atoms with E-state index in [2.05, 4.69) is 10.5 Å². The summed E-state index contributed by atoms with van der Waals surface area (Å²) in [5.74, 6) is 0.195. The van der Waals surface area contributed by atoms with Crippen LogP contribution < -0.4 is 5.43 Å². The normalized spacial score (nSPS) is 10.5. The molecule has 2 N–H and O–H groups in total. The number of hydrazone groups is 1. The van der Waals surface area contributed by atoms with Crippen molar-refractivity contribution in [3.05, 3.63) is 64.2 Å². The topological polar surface area (TPSA) is 87.8 Å². The molecular formula is C13H11N3O3. The lowest BCUT2D eigenvalue weighted by atomic mass is 10.2. The van der Waals surface area contributed by atoms with E-state index in [1.165, 1.54) is 12.1 Å². The minimum Gasteiger partial charge on any atom is -0.508 e. The highest BCUT2D eigenvalue weighted by atomic mass is 16.6. The summed E-state index contributed by atoms with van der Waals surface area (Å²) in [6, 6.07) is 12.5. The van der Waals surface area contributed by atoms with Gasteiger partial charge in [0.1, 0.15) is 5.75 Å². The van der Waals surface area contributed by atoms with Gasteiger partial charge in [-0.15, -0.1) is 0 Å². The first-order valence-electron chi connectivity index (χ1n) is 5.48. The van der Waals surface area contributed by atoms with Gasteiger partial charge in [0.15, 0.2) is 0 Å². The number of rotatable bonds is 4. The zero-order chi connectivity index (χ0) is 13.7. The van der Waals surface area contributed by atoms with Crippen molar-refractivity contribution >= 4 is 17.6 Å². The van der Waals surface area contributed by atoms with E-state index in [-0.39, 0.29) is 11.4 Å². The van der Waals surface area contributed by atoms with Crippen LogP contribution in [0.5, 0.6) is 5.75 Å². The van der Waals surface area contributed by atoms with Gasteiger partial charge in [-0.05, 0) is 42.0 Å². The van der Waals surface area contributed by atoms with Crippen LogP contribution in [-0.4, -0.2) is 16.2 Å². The molecule has 0 unspecified atom stereocenters. The predicted molar refractivity (Wildman–Crippen MR) is 72.4 cm³/mol. The van der Waals surface area contributed by atoms with Crippen LogP contribution in [0.3, 0.4) is 0 Å². The summed E-state index contributed by atoms with van der Waals surface area (Å²) in [5.41, 5.74) is 4.27. The van der Waals surface area contributed by atoms with Gasteiger partial charge in [-0.3, -0.25) is 15.5 Å². The Labute approximate surface area is 109 Å². The molecule has 0 atom stereocenters. The molecule has 0 saturated carbocycles. The Morgan fingerprint density at radius 3 is 2.32 bits per heavy atom. The molecule has 6 nitrogen and oxygen atoms in total. The largest absolute Gasteiger partial charge is 0.508 e. The van der Waals surface area contributed by atoms with Gasteiger partial charge < -0.3 is 5.11 Å². The predicted octanol–water partition coefficient (Wildman–Crippen LogP) is 2.75. The van der Waals surface area contributed by atoms with Crippen molar-refractivity contribution in [2.75, 3.05) is 5.43 Å². The molecule has 2 aromatic rings. The van der Waals surface area contributed by atoms with Crippen molar-refractivity contribution in [2.45, 2.75) is 0 Å². The van der Waals surface area contributed by atoms with Crippen LogP contribution in [0.15, 0.2) is 53.6 Å². The number of nitrogens with one attached hydrogen (secondary N) is 1. The van der Waals surface area contributed by atoms with Crippen molar-refractivity contribution in [1.29, 1.82) is 0 Å². The van der Waals surface area contributed by atoms with Crippen LogP contribution in [0, 0.1) is 10.1 Å². The monoisotopic (exact) mass is 257 g/mol. The number of nitro groups is 1. The molecule has 0 bridgehead atoms. The Kier molecular flexibility index (Phi) is 3.72. The summed E-state index contributed by atoms with van der Waals surface area (Å²) in [4.78, 5) is 10.0. The van der Waals surface area contributed by atoms with Crippen molar-refractivity contribution in [1.82, 2.24) is 0 Å². The van der Waals surface area contributed by atoms with Crippen LogP contribution in [0.1, 0.15) is 5.56 Å². The maximum Gasteiger partial charge on any atom is 0.269 e. The highest BCUT2D eigenvalue weighted by Crippen LogP contribution is 2.15. The molecule has 6 heteroatoms. The molecule has 0 radical (unpaired) electrons. The van der Waals surface area contributed by atoms with Gasteiger partial charge in [-0.25, -0.2) is 0 Å². The molecule has 96 valence electrons. The van der Waals surface area contributed by atoms with Crippen molar-refractivity contribution in [3.8, 4) is 5.75 Å². The first-order chi connectivity index (χ1) is 9.15. The van der Waals surface area contributed by atoms with Crippen molar-refractivity contribution in [2.24, 2.45) is 5.10 Å². The molecule has 0 aliphatic heterocycles. The van der Waals surface area contributed by atoms with Gasteiger partial charge in [0.25, 0.3) is 5.69 Å². The Balaban J connectivity index is 1.98. The number of aromatic hydroxyl groups is 1. The van der Waals surface area contributed by atoms with Gasteiger partial charge in [0.2, 0.25) is 0 Å². The second-order valence-electron chi connectivity index (χ2n) is 3.77. The molecule has 0 heterocycles. The van der Waals surface area contributed by atoms with E-state index >= 15 is 0 Å². The molecule has 0 aliphatic carbocycles. The molecule has 0 aromatic heterocycles. The SMILES string of the molecule is O=[N+]([O-])c1ccc(NN=Cc2ccc(O)cc2)cc1. The number of anilines is 1. The van der Waals surface area contributed by atoms with Crippen LogP contribution in [0.4, 0.5) is 11.4 Å². The molecule has 0 spiro atoms. The van der Waals surface area contributed by atoms with E-state index in [1.807, 2.05) is 0 Å². The summed E-state index contributed by atoms with van der Waals surface area (Å²) >= 11 is 0. The molecular weight excluding hydrogens is 246 g/mol. The maximum absolute atomic E-state index is 10.5. The van der Waals surface area contributed by atoms with Crippen LogP contribution in [0.25, 0.3) is 0 Å². The Bertz CT molecular complexity index is 592. The van der Waals surface area contributed by atoms with E-state index in [1.54, 1.807) is 42.6 Å². The fraction of sp³-hybridized carbons (Fsp3) is 0. The third kappa shape index (κ3) is 3.53. The van der Waals surface area contributed by atoms with E-state index in [4.69, 9.17) is 5.11 Å². The number of phenolic OH excluding ortho intramolecular Hbond substituents is 1. The number of hydrogen-bond donors (Lipinski definition) is 2. The Morgan fingerprint density at radius 2 is 1.74 bits per heavy atom. The summed E-state index contributed by atoms with van der Waals surface area (Å²) in [6.45, 7) is 0. The molecule has 2 aromatic carbocycles. The summed E-state index contributed by atoms with van der Waals surface area (Å²) in [6.07, 6.45) is 1.58. The van der Waals surface area contributed by atoms with Gasteiger partial charge >= 0.3 is 0 Å². The molecule has 2 rings (SSSR count). The summed E-state index contributed by atoms with van der Waals surface area (Å²) in [7, 11) is 0. The molecule has 0 saturated heterocycles. The van der Waals surface area contributed by atoms with E-state index < -0.39 is 4.92 Å². The first-order valence-corrected chi connectivity index (χ1v) is 5.48. The van der Waals surface area contributed by atoms with Crippen LogP contribution in [0.2, 0.25) is 0 Å².